The molecule has 0 heterocycles. The first-order chi connectivity index (χ1) is 14.9. The summed E-state index contributed by atoms with van der Waals surface area (Å²) in [6.45, 7) is 4.59. The largest absolute Gasteiger partial charge is 0.493 e. The number of benzene rings is 3. The lowest BCUT2D eigenvalue weighted by Gasteiger charge is -2.28. The highest BCUT2D eigenvalue weighted by Crippen LogP contribution is 2.30. The highest BCUT2D eigenvalue weighted by Gasteiger charge is 2.26. The smallest absolute Gasteiger partial charge is 0.246 e. The van der Waals surface area contributed by atoms with E-state index in [1.54, 1.807) is 14.2 Å². The molecule has 0 bridgehead atoms. The molecular formula is C26H30N2O3. The summed E-state index contributed by atoms with van der Waals surface area (Å²) < 4.78 is 10.8. The van der Waals surface area contributed by atoms with Crippen molar-refractivity contribution in [1.82, 2.24) is 4.90 Å². The summed E-state index contributed by atoms with van der Waals surface area (Å²) in [5.74, 6) is 1.29. The number of carbonyl (C=O) groups is 1. The van der Waals surface area contributed by atoms with Gasteiger partial charge in [0.1, 0.15) is 6.04 Å². The Morgan fingerprint density at radius 1 is 0.935 bits per heavy atom. The maximum atomic E-state index is 13.4. The van der Waals surface area contributed by atoms with Gasteiger partial charge in [0, 0.05) is 12.2 Å². The first kappa shape index (κ1) is 22.4. The molecule has 162 valence electrons. The van der Waals surface area contributed by atoms with E-state index >= 15 is 0 Å². The molecule has 0 saturated heterocycles. The van der Waals surface area contributed by atoms with Crippen LogP contribution >= 0.6 is 0 Å². The van der Waals surface area contributed by atoms with E-state index in [1.165, 1.54) is 0 Å². The molecule has 0 aliphatic heterocycles. The number of nitrogens with zero attached hydrogens (tertiary/aromatic N) is 1. The first-order valence-electron chi connectivity index (χ1n) is 10.3. The van der Waals surface area contributed by atoms with Crippen LogP contribution in [-0.4, -0.2) is 32.1 Å². The number of likely N-dealkylation sites (N-methyl/N-ethyl adjacent to an activating group) is 1. The molecule has 0 fully saturated rings. The summed E-state index contributed by atoms with van der Waals surface area (Å²) >= 11 is 0. The molecule has 3 aromatic carbocycles. The van der Waals surface area contributed by atoms with E-state index in [0.717, 1.165) is 27.9 Å². The molecule has 0 saturated carbocycles. The van der Waals surface area contributed by atoms with Gasteiger partial charge in [0.25, 0.3) is 0 Å². The molecule has 1 N–H and O–H groups in total. The van der Waals surface area contributed by atoms with Crippen LogP contribution in [0.25, 0.3) is 0 Å². The molecule has 5 heteroatoms. The SMILES string of the molecule is COc1ccc(CN(C)[C@H](C(=O)Nc2cc(C)ccc2C)c2ccccc2)cc1OC. The van der Waals surface area contributed by atoms with Gasteiger partial charge in [0.05, 0.1) is 14.2 Å². The number of anilines is 1. The third-order valence-electron chi connectivity index (χ3n) is 5.34. The predicted molar refractivity (Wildman–Crippen MR) is 125 cm³/mol. The zero-order valence-electron chi connectivity index (χ0n) is 18.8. The van der Waals surface area contributed by atoms with E-state index in [9.17, 15) is 4.79 Å². The molecule has 31 heavy (non-hydrogen) atoms. The third kappa shape index (κ3) is 5.44. The van der Waals surface area contributed by atoms with Crippen molar-refractivity contribution in [3.63, 3.8) is 0 Å². The Morgan fingerprint density at radius 2 is 1.65 bits per heavy atom. The van der Waals surface area contributed by atoms with E-state index < -0.39 is 6.04 Å². The van der Waals surface area contributed by atoms with Crippen LogP contribution in [0.1, 0.15) is 28.3 Å². The number of hydrogen-bond acceptors (Lipinski definition) is 4. The van der Waals surface area contributed by atoms with Gasteiger partial charge in [-0.2, -0.15) is 0 Å². The molecule has 1 atom stereocenters. The van der Waals surface area contributed by atoms with Gasteiger partial charge in [-0.1, -0.05) is 48.5 Å². The van der Waals surface area contributed by atoms with Gasteiger partial charge in [-0.25, -0.2) is 0 Å². The zero-order valence-corrected chi connectivity index (χ0v) is 18.8. The van der Waals surface area contributed by atoms with Gasteiger partial charge in [0.15, 0.2) is 11.5 Å². The van der Waals surface area contributed by atoms with E-state index in [0.29, 0.717) is 18.0 Å². The quantitative estimate of drug-likeness (QED) is 0.551. The lowest BCUT2D eigenvalue weighted by atomic mass is 10.0. The Labute approximate surface area is 184 Å². The maximum Gasteiger partial charge on any atom is 0.246 e. The molecule has 0 unspecified atom stereocenters. The second-order valence-corrected chi connectivity index (χ2v) is 7.73. The van der Waals surface area contributed by atoms with Gasteiger partial charge in [-0.15, -0.1) is 0 Å². The minimum Gasteiger partial charge on any atom is -0.493 e. The molecule has 3 rings (SSSR count). The third-order valence-corrected chi connectivity index (χ3v) is 5.34. The van der Waals surface area contributed by atoms with Gasteiger partial charge >= 0.3 is 0 Å². The van der Waals surface area contributed by atoms with Crippen molar-refractivity contribution in [1.29, 1.82) is 0 Å². The van der Waals surface area contributed by atoms with Crippen LogP contribution in [-0.2, 0) is 11.3 Å². The topological polar surface area (TPSA) is 50.8 Å². The van der Waals surface area contributed by atoms with Crippen LogP contribution < -0.4 is 14.8 Å². The van der Waals surface area contributed by atoms with E-state index in [4.69, 9.17) is 9.47 Å². The maximum absolute atomic E-state index is 13.4. The minimum atomic E-state index is -0.450. The summed E-state index contributed by atoms with van der Waals surface area (Å²) in [6.07, 6.45) is 0. The fourth-order valence-electron chi connectivity index (χ4n) is 3.67. The van der Waals surface area contributed by atoms with Crippen LogP contribution in [0.5, 0.6) is 11.5 Å². The molecule has 5 nitrogen and oxygen atoms in total. The normalized spacial score (nSPS) is 11.8. The number of rotatable bonds is 8. The van der Waals surface area contributed by atoms with Crippen LogP contribution in [0.4, 0.5) is 5.69 Å². The fraction of sp³-hybridized carbons (Fsp3) is 0.269. The van der Waals surface area contributed by atoms with Crippen molar-refractivity contribution in [2.24, 2.45) is 0 Å². The molecule has 0 aliphatic carbocycles. The fourth-order valence-corrected chi connectivity index (χ4v) is 3.67. The average Bonchev–Trinajstić information content (AvgIpc) is 2.77. The Hall–Kier alpha value is -3.31. The van der Waals surface area contributed by atoms with Crippen LogP contribution in [0.2, 0.25) is 0 Å². The predicted octanol–water partition coefficient (Wildman–Crippen LogP) is 5.13. The van der Waals surface area contributed by atoms with Gasteiger partial charge in [-0.3, -0.25) is 9.69 Å². The van der Waals surface area contributed by atoms with Crippen molar-refractivity contribution < 1.29 is 14.3 Å². The summed E-state index contributed by atoms with van der Waals surface area (Å²) in [5.41, 5.74) is 4.95. The van der Waals surface area contributed by atoms with Gasteiger partial charge in [0.2, 0.25) is 5.91 Å². The van der Waals surface area contributed by atoms with E-state index in [2.05, 4.69) is 5.32 Å². The number of amides is 1. The van der Waals surface area contributed by atoms with Gasteiger partial charge in [-0.05, 0) is 61.3 Å². The molecule has 0 aromatic heterocycles. The van der Waals surface area contributed by atoms with Crippen LogP contribution in [0, 0.1) is 13.8 Å². The minimum absolute atomic E-state index is 0.0668. The number of hydrogen-bond donors (Lipinski definition) is 1. The van der Waals surface area contributed by atoms with Crippen LogP contribution in [0.15, 0.2) is 66.7 Å². The van der Waals surface area contributed by atoms with Crippen LogP contribution in [0.3, 0.4) is 0 Å². The Morgan fingerprint density at radius 3 is 2.32 bits per heavy atom. The Balaban J connectivity index is 1.88. The highest BCUT2D eigenvalue weighted by molar-refractivity contribution is 5.96. The number of aryl methyl sites for hydroxylation is 2. The zero-order chi connectivity index (χ0) is 22.4. The number of methoxy groups -OCH3 is 2. The number of ether oxygens (including phenoxy) is 2. The van der Waals surface area contributed by atoms with Gasteiger partial charge < -0.3 is 14.8 Å². The number of carbonyl (C=O) groups excluding carboxylic acids is 1. The second-order valence-electron chi connectivity index (χ2n) is 7.73. The van der Waals surface area contributed by atoms with E-state index in [1.807, 2.05) is 92.5 Å². The molecule has 3 aromatic rings. The highest BCUT2D eigenvalue weighted by atomic mass is 16.5. The Bertz CT molecular complexity index is 1030. The second kappa shape index (κ2) is 10.1. The van der Waals surface area contributed by atoms with Crippen molar-refractivity contribution >= 4 is 11.6 Å². The molecule has 0 aliphatic rings. The molecule has 0 spiro atoms. The lowest BCUT2D eigenvalue weighted by molar-refractivity contribution is -0.121. The van der Waals surface area contributed by atoms with Crippen molar-refractivity contribution in [2.75, 3.05) is 26.6 Å². The standard InChI is InChI=1S/C26H30N2O3/c1-18-11-12-19(2)22(15-18)27-26(29)25(21-9-7-6-8-10-21)28(3)17-20-13-14-23(30-4)24(16-20)31-5/h6-16,25H,17H2,1-5H3,(H,27,29)/t25-/m0/s1. The summed E-state index contributed by atoms with van der Waals surface area (Å²) in [6, 6.07) is 21.3. The van der Waals surface area contributed by atoms with Crippen molar-refractivity contribution in [2.45, 2.75) is 26.4 Å². The molecule has 1 amide bonds. The van der Waals surface area contributed by atoms with Crippen molar-refractivity contribution in [3.05, 3.63) is 89.0 Å². The number of nitrogens with one attached hydrogen (secondary N) is 1. The van der Waals surface area contributed by atoms with E-state index in [-0.39, 0.29) is 5.91 Å². The lowest BCUT2D eigenvalue weighted by Crippen LogP contribution is -2.34. The molecular weight excluding hydrogens is 388 g/mol. The monoisotopic (exact) mass is 418 g/mol. The summed E-state index contributed by atoms with van der Waals surface area (Å²) in [7, 11) is 5.19. The summed E-state index contributed by atoms with van der Waals surface area (Å²) in [5, 5.41) is 3.13. The Kier molecular flexibility index (Phi) is 7.32. The first-order valence-corrected chi connectivity index (χ1v) is 10.3. The van der Waals surface area contributed by atoms with Crippen molar-refractivity contribution in [3.8, 4) is 11.5 Å². The molecule has 0 radical (unpaired) electrons. The average molecular weight is 419 g/mol. The summed E-state index contributed by atoms with van der Waals surface area (Å²) in [4.78, 5) is 15.5.